The summed E-state index contributed by atoms with van der Waals surface area (Å²) in [4.78, 5) is 21.8. The van der Waals surface area contributed by atoms with Crippen molar-refractivity contribution < 1.29 is 14.7 Å². The van der Waals surface area contributed by atoms with Crippen molar-refractivity contribution in [1.29, 1.82) is 0 Å². The highest BCUT2D eigenvalue weighted by Gasteiger charge is 2.18. The molecule has 7 heteroatoms. The number of thioether (sulfide) groups is 1. The average Bonchev–Trinajstić information content (AvgIpc) is 2.32. The standard InChI is InChI=1S/C12H13Cl2NO3S/c1-7(16)15-10(12(17)18)6-19-5-8-3-2-4-9(13)11(8)14/h2-4,10H,5-6H2,1H3,(H,15,16)(H,17,18). The molecule has 0 saturated heterocycles. The topological polar surface area (TPSA) is 66.4 Å². The van der Waals surface area contributed by atoms with E-state index in [0.29, 0.717) is 15.8 Å². The van der Waals surface area contributed by atoms with E-state index in [4.69, 9.17) is 28.3 Å². The van der Waals surface area contributed by atoms with Crippen LogP contribution in [0.4, 0.5) is 0 Å². The Hall–Kier alpha value is -0.910. The third-order valence-corrected chi connectivity index (χ3v) is 4.19. The maximum Gasteiger partial charge on any atom is 0.327 e. The summed E-state index contributed by atoms with van der Waals surface area (Å²) in [5.41, 5.74) is 0.839. The minimum absolute atomic E-state index is 0.262. The zero-order valence-electron chi connectivity index (χ0n) is 10.2. The van der Waals surface area contributed by atoms with E-state index in [9.17, 15) is 9.59 Å². The van der Waals surface area contributed by atoms with Gasteiger partial charge < -0.3 is 10.4 Å². The summed E-state index contributed by atoms with van der Waals surface area (Å²) in [7, 11) is 0. The predicted octanol–water partition coefficient (Wildman–Crippen LogP) is 2.82. The number of carbonyl (C=O) groups excluding carboxylic acids is 1. The first-order valence-corrected chi connectivity index (χ1v) is 7.33. The Labute approximate surface area is 125 Å². The Bertz CT molecular complexity index is 482. The highest BCUT2D eigenvalue weighted by Crippen LogP contribution is 2.28. The molecule has 19 heavy (non-hydrogen) atoms. The van der Waals surface area contributed by atoms with Crippen LogP contribution in [0.3, 0.4) is 0 Å². The molecule has 0 aliphatic carbocycles. The number of benzene rings is 1. The second-order valence-electron chi connectivity index (χ2n) is 3.82. The lowest BCUT2D eigenvalue weighted by Gasteiger charge is -2.13. The van der Waals surface area contributed by atoms with Crippen molar-refractivity contribution in [2.45, 2.75) is 18.7 Å². The number of halogens is 2. The molecule has 1 atom stereocenters. The zero-order valence-corrected chi connectivity index (χ0v) is 12.5. The van der Waals surface area contributed by atoms with Gasteiger partial charge in [-0.1, -0.05) is 35.3 Å². The summed E-state index contributed by atoms with van der Waals surface area (Å²) in [6.07, 6.45) is 0. The van der Waals surface area contributed by atoms with E-state index in [1.807, 2.05) is 6.07 Å². The highest BCUT2D eigenvalue weighted by molar-refractivity contribution is 7.98. The molecule has 1 rings (SSSR count). The van der Waals surface area contributed by atoms with Gasteiger partial charge in [0, 0.05) is 18.4 Å². The number of nitrogens with one attached hydrogen (secondary N) is 1. The van der Waals surface area contributed by atoms with Crippen LogP contribution in [0.1, 0.15) is 12.5 Å². The average molecular weight is 322 g/mol. The van der Waals surface area contributed by atoms with Crippen LogP contribution in [0.5, 0.6) is 0 Å². The van der Waals surface area contributed by atoms with E-state index in [2.05, 4.69) is 5.32 Å². The van der Waals surface area contributed by atoms with Gasteiger partial charge in [0.25, 0.3) is 0 Å². The fraction of sp³-hybridized carbons (Fsp3) is 0.333. The minimum atomic E-state index is -1.06. The van der Waals surface area contributed by atoms with Gasteiger partial charge in [0.1, 0.15) is 6.04 Å². The maximum atomic E-state index is 10.9. The molecule has 1 unspecified atom stereocenters. The largest absolute Gasteiger partial charge is 0.480 e. The van der Waals surface area contributed by atoms with Crippen molar-refractivity contribution in [2.24, 2.45) is 0 Å². The number of aliphatic carboxylic acids is 1. The van der Waals surface area contributed by atoms with Crippen LogP contribution in [0.2, 0.25) is 10.0 Å². The van der Waals surface area contributed by atoms with Crippen LogP contribution in [-0.4, -0.2) is 28.8 Å². The van der Waals surface area contributed by atoms with Gasteiger partial charge in [-0.3, -0.25) is 4.79 Å². The summed E-state index contributed by atoms with van der Waals surface area (Å²) in [6, 6.07) is 4.40. The van der Waals surface area contributed by atoms with Gasteiger partial charge >= 0.3 is 5.97 Å². The van der Waals surface area contributed by atoms with Gasteiger partial charge in [-0.2, -0.15) is 11.8 Å². The lowest BCUT2D eigenvalue weighted by Crippen LogP contribution is -2.41. The Balaban J connectivity index is 2.54. The second kappa shape index (κ2) is 7.62. The molecule has 0 saturated carbocycles. The number of amides is 1. The molecule has 0 aromatic heterocycles. The van der Waals surface area contributed by atoms with Crippen LogP contribution in [-0.2, 0) is 15.3 Å². The summed E-state index contributed by atoms with van der Waals surface area (Å²) in [5.74, 6) is -0.630. The molecule has 0 heterocycles. The number of hydrogen-bond donors (Lipinski definition) is 2. The molecule has 0 bridgehead atoms. The number of carbonyl (C=O) groups is 2. The molecule has 2 N–H and O–H groups in total. The Morgan fingerprint density at radius 2 is 2.11 bits per heavy atom. The highest BCUT2D eigenvalue weighted by atomic mass is 35.5. The number of rotatable bonds is 6. The van der Waals surface area contributed by atoms with E-state index in [-0.39, 0.29) is 11.7 Å². The molecule has 104 valence electrons. The predicted molar refractivity (Wildman–Crippen MR) is 77.9 cm³/mol. The van der Waals surface area contributed by atoms with Crippen LogP contribution in [0.25, 0.3) is 0 Å². The van der Waals surface area contributed by atoms with Crippen molar-refractivity contribution >= 4 is 46.8 Å². The van der Waals surface area contributed by atoms with Gasteiger partial charge in [0.05, 0.1) is 10.0 Å². The molecule has 1 aromatic rings. The normalized spacial score (nSPS) is 11.9. The lowest BCUT2D eigenvalue weighted by molar-refractivity contribution is -0.140. The van der Waals surface area contributed by atoms with Crippen molar-refractivity contribution in [1.82, 2.24) is 5.32 Å². The SMILES string of the molecule is CC(=O)NC(CSCc1cccc(Cl)c1Cl)C(=O)O. The first-order chi connectivity index (χ1) is 8.91. The molecule has 1 amide bonds. The summed E-state index contributed by atoms with van der Waals surface area (Å²) in [6.45, 7) is 1.29. The summed E-state index contributed by atoms with van der Waals surface area (Å²) >= 11 is 13.3. The quantitative estimate of drug-likeness (QED) is 0.845. The fourth-order valence-electron chi connectivity index (χ4n) is 1.37. The van der Waals surface area contributed by atoms with Gasteiger partial charge in [0.2, 0.25) is 5.91 Å². The number of carboxylic acids is 1. The van der Waals surface area contributed by atoms with Gasteiger partial charge in [-0.25, -0.2) is 4.79 Å². The number of hydrogen-bond acceptors (Lipinski definition) is 3. The fourth-order valence-corrected chi connectivity index (χ4v) is 2.87. The van der Waals surface area contributed by atoms with E-state index < -0.39 is 12.0 Å². The third-order valence-electron chi connectivity index (χ3n) is 2.25. The monoisotopic (exact) mass is 321 g/mol. The van der Waals surface area contributed by atoms with Crippen molar-refractivity contribution in [3.63, 3.8) is 0 Å². The molecular formula is C12H13Cl2NO3S. The Morgan fingerprint density at radius 3 is 2.68 bits per heavy atom. The zero-order chi connectivity index (χ0) is 14.4. The first-order valence-electron chi connectivity index (χ1n) is 5.42. The molecular weight excluding hydrogens is 309 g/mol. The third kappa shape index (κ3) is 5.30. The van der Waals surface area contributed by atoms with Crippen LogP contribution >= 0.6 is 35.0 Å². The Kier molecular flexibility index (Phi) is 6.48. The lowest BCUT2D eigenvalue weighted by atomic mass is 10.2. The van der Waals surface area contributed by atoms with Crippen molar-refractivity contribution in [3.8, 4) is 0 Å². The minimum Gasteiger partial charge on any atom is -0.480 e. The van der Waals surface area contributed by atoms with Crippen LogP contribution in [0, 0.1) is 0 Å². The molecule has 0 fully saturated rings. The molecule has 0 aliphatic heterocycles. The second-order valence-corrected chi connectivity index (χ2v) is 5.63. The molecule has 0 spiro atoms. The van der Waals surface area contributed by atoms with E-state index in [0.717, 1.165) is 5.56 Å². The first kappa shape index (κ1) is 16.1. The molecule has 1 aromatic carbocycles. The molecule has 4 nitrogen and oxygen atoms in total. The number of carboxylic acid groups (broad SMARTS) is 1. The van der Waals surface area contributed by atoms with E-state index >= 15 is 0 Å². The Morgan fingerprint density at radius 1 is 1.42 bits per heavy atom. The van der Waals surface area contributed by atoms with E-state index in [1.165, 1.54) is 18.7 Å². The van der Waals surface area contributed by atoms with Gasteiger partial charge in [-0.05, 0) is 11.6 Å². The van der Waals surface area contributed by atoms with Crippen molar-refractivity contribution in [3.05, 3.63) is 33.8 Å². The summed E-state index contributed by atoms with van der Waals surface area (Å²) < 4.78 is 0. The van der Waals surface area contributed by atoms with Crippen LogP contribution in [0.15, 0.2) is 18.2 Å². The van der Waals surface area contributed by atoms with Crippen molar-refractivity contribution in [2.75, 3.05) is 5.75 Å². The smallest absolute Gasteiger partial charge is 0.327 e. The van der Waals surface area contributed by atoms with E-state index in [1.54, 1.807) is 12.1 Å². The van der Waals surface area contributed by atoms with Crippen LogP contribution < -0.4 is 5.32 Å². The molecule has 0 radical (unpaired) electrons. The summed E-state index contributed by atoms with van der Waals surface area (Å²) in [5, 5.41) is 12.3. The van der Waals surface area contributed by atoms with Gasteiger partial charge in [0.15, 0.2) is 0 Å². The van der Waals surface area contributed by atoms with Gasteiger partial charge in [-0.15, -0.1) is 0 Å². The molecule has 0 aliphatic rings. The maximum absolute atomic E-state index is 10.9.